The molecule has 0 atom stereocenters. The summed E-state index contributed by atoms with van der Waals surface area (Å²) in [7, 11) is 0. The van der Waals surface area contributed by atoms with Crippen molar-refractivity contribution in [3.63, 3.8) is 0 Å². The van der Waals surface area contributed by atoms with E-state index in [1.54, 1.807) is 0 Å². The molecule has 0 aromatic heterocycles. The third-order valence-corrected chi connectivity index (χ3v) is 2.71. The first kappa shape index (κ1) is 17.1. The molecule has 0 saturated heterocycles. The number of benzene rings is 2. The van der Waals surface area contributed by atoms with Crippen LogP contribution in [-0.2, 0) is 0 Å². The Balaban J connectivity index is 2.25. The van der Waals surface area contributed by atoms with Crippen LogP contribution in [0.4, 0.5) is 17.6 Å². The maximum atomic E-state index is 12.9. The average Bonchev–Trinajstić information content (AvgIpc) is 2.54. The van der Waals surface area contributed by atoms with Crippen molar-refractivity contribution in [2.45, 2.75) is 12.5 Å². The summed E-state index contributed by atoms with van der Waals surface area (Å²) >= 11 is 0. The number of hydrogen-bond acceptors (Lipinski definition) is 4. The zero-order chi connectivity index (χ0) is 17.7. The Kier molecular flexibility index (Phi) is 4.90. The van der Waals surface area contributed by atoms with Crippen LogP contribution in [0.2, 0.25) is 0 Å². The molecule has 2 rings (SSSR count). The van der Waals surface area contributed by atoms with Crippen molar-refractivity contribution in [2.24, 2.45) is 0 Å². The summed E-state index contributed by atoms with van der Waals surface area (Å²) in [6.45, 7) is 0. The maximum Gasteiger partial charge on any atom is 0.461 e. The van der Waals surface area contributed by atoms with E-state index in [0.717, 1.165) is 12.1 Å². The van der Waals surface area contributed by atoms with Gasteiger partial charge in [-0.25, -0.2) is 0 Å². The summed E-state index contributed by atoms with van der Waals surface area (Å²) in [6.07, 6.45) is -8.61. The molecule has 2 aromatic carbocycles. The van der Waals surface area contributed by atoms with E-state index in [2.05, 4.69) is 4.74 Å². The highest BCUT2D eigenvalue weighted by Crippen LogP contribution is 2.31. The first-order valence-corrected chi connectivity index (χ1v) is 6.42. The summed E-state index contributed by atoms with van der Waals surface area (Å²) < 4.78 is 59.4. The fourth-order valence-corrected chi connectivity index (χ4v) is 1.73. The minimum atomic E-state index is -4.63. The Morgan fingerprint density at radius 2 is 1.46 bits per heavy atom. The zero-order valence-corrected chi connectivity index (χ0v) is 11.8. The topological polar surface area (TPSA) is 66.0 Å². The van der Waals surface area contributed by atoms with Crippen molar-refractivity contribution in [3.05, 3.63) is 53.6 Å². The SMILES string of the molecule is N#Cc1cc(C#N)cc(Oc2cccc(OC(F)(F)C(F)F)c2)c1. The number of ether oxygens (including phenoxy) is 2. The molecule has 122 valence electrons. The van der Waals surface area contributed by atoms with Crippen LogP contribution in [-0.4, -0.2) is 12.5 Å². The molecule has 0 saturated carbocycles. The Hall–Kier alpha value is -3.26. The van der Waals surface area contributed by atoms with Crippen LogP contribution in [0.1, 0.15) is 11.1 Å². The van der Waals surface area contributed by atoms with Gasteiger partial charge in [0, 0.05) is 6.07 Å². The van der Waals surface area contributed by atoms with E-state index in [1.165, 1.54) is 30.3 Å². The lowest BCUT2D eigenvalue weighted by atomic mass is 10.1. The third kappa shape index (κ3) is 4.14. The molecule has 24 heavy (non-hydrogen) atoms. The van der Waals surface area contributed by atoms with E-state index in [0.29, 0.717) is 0 Å². The lowest BCUT2D eigenvalue weighted by Gasteiger charge is -2.17. The molecule has 0 amide bonds. The molecule has 0 aliphatic heterocycles. The number of nitriles is 2. The molecule has 0 fully saturated rings. The van der Waals surface area contributed by atoms with Gasteiger partial charge in [0.2, 0.25) is 0 Å². The zero-order valence-electron chi connectivity index (χ0n) is 11.8. The van der Waals surface area contributed by atoms with E-state index >= 15 is 0 Å². The monoisotopic (exact) mass is 336 g/mol. The minimum Gasteiger partial charge on any atom is -0.457 e. The fourth-order valence-electron chi connectivity index (χ4n) is 1.73. The Morgan fingerprint density at radius 3 is 2.00 bits per heavy atom. The molecule has 0 aliphatic rings. The predicted molar refractivity (Wildman–Crippen MR) is 74.0 cm³/mol. The smallest absolute Gasteiger partial charge is 0.457 e. The van der Waals surface area contributed by atoms with Gasteiger partial charge < -0.3 is 9.47 Å². The van der Waals surface area contributed by atoms with Crippen LogP contribution in [0.5, 0.6) is 17.2 Å². The van der Waals surface area contributed by atoms with E-state index in [4.69, 9.17) is 15.3 Å². The molecular formula is C16H8F4N2O2. The first-order valence-electron chi connectivity index (χ1n) is 6.42. The van der Waals surface area contributed by atoms with E-state index < -0.39 is 18.3 Å². The van der Waals surface area contributed by atoms with Gasteiger partial charge in [-0.05, 0) is 30.3 Å². The quantitative estimate of drug-likeness (QED) is 0.756. The lowest BCUT2D eigenvalue weighted by Crippen LogP contribution is -2.33. The van der Waals surface area contributed by atoms with Crippen LogP contribution >= 0.6 is 0 Å². The van der Waals surface area contributed by atoms with Gasteiger partial charge in [-0.15, -0.1) is 0 Å². The highest BCUT2D eigenvalue weighted by Gasteiger charge is 2.44. The van der Waals surface area contributed by atoms with E-state index in [9.17, 15) is 17.6 Å². The highest BCUT2D eigenvalue weighted by molar-refractivity contribution is 5.47. The second kappa shape index (κ2) is 6.88. The molecule has 2 aromatic rings. The lowest BCUT2D eigenvalue weighted by molar-refractivity contribution is -0.253. The standard InChI is InChI=1S/C16H8F4N2O2/c17-15(18)16(19,20)24-13-3-1-2-12(7-13)23-14-5-10(8-21)4-11(6-14)9-22/h1-7,15H. The van der Waals surface area contributed by atoms with Crippen LogP contribution in [0, 0.1) is 22.7 Å². The second-order valence-electron chi connectivity index (χ2n) is 4.51. The van der Waals surface area contributed by atoms with Crippen LogP contribution in [0.15, 0.2) is 42.5 Å². The number of alkyl halides is 4. The van der Waals surface area contributed by atoms with Crippen LogP contribution in [0.25, 0.3) is 0 Å². The van der Waals surface area contributed by atoms with E-state index in [-0.39, 0.29) is 22.6 Å². The molecule has 4 nitrogen and oxygen atoms in total. The van der Waals surface area contributed by atoms with Crippen LogP contribution < -0.4 is 9.47 Å². The fraction of sp³-hybridized carbons (Fsp3) is 0.125. The van der Waals surface area contributed by atoms with Gasteiger partial charge in [-0.2, -0.15) is 28.1 Å². The van der Waals surface area contributed by atoms with E-state index in [1.807, 2.05) is 12.1 Å². The summed E-state index contributed by atoms with van der Waals surface area (Å²) in [5.41, 5.74) is 0.335. The molecule has 0 unspecified atom stereocenters. The van der Waals surface area contributed by atoms with Gasteiger partial charge >= 0.3 is 12.5 Å². The van der Waals surface area contributed by atoms with Crippen molar-refractivity contribution >= 4 is 0 Å². The summed E-state index contributed by atoms with van der Waals surface area (Å²) in [5, 5.41) is 17.8. The molecule has 0 heterocycles. The summed E-state index contributed by atoms with van der Waals surface area (Å²) in [4.78, 5) is 0. The van der Waals surface area contributed by atoms with Gasteiger partial charge in [-0.1, -0.05) is 6.07 Å². The Bertz CT molecular complexity index is 793. The van der Waals surface area contributed by atoms with Gasteiger partial charge in [0.05, 0.1) is 23.3 Å². The molecule has 0 bridgehead atoms. The molecule has 0 spiro atoms. The van der Waals surface area contributed by atoms with Crippen molar-refractivity contribution in [3.8, 4) is 29.4 Å². The maximum absolute atomic E-state index is 12.9. The number of halogens is 4. The normalized spacial score (nSPS) is 10.8. The van der Waals surface area contributed by atoms with Crippen molar-refractivity contribution in [2.75, 3.05) is 0 Å². The highest BCUT2D eigenvalue weighted by atomic mass is 19.3. The Morgan fingerprint density at radius 1 is 0.875 bits per heavy atom. The van der Waals surface area contributed by atoms with Crippen LogP contribution in [0.3, 0.4) is 0 Å². The Labute approximate surface area is 134 Å². The summed E-state index contributed by atoms with van der Waals surface area (Å²) in [5.74, 6) is -0.394. The number of rotatable bonds is 5. The van der Waals surface area contributed by atoms with Gasteiger partial charge in [-0.3, -0.25) is 0 Å². The molecule has 0 N–H and O–H groups in total. The number of nitrogens with zero attached hydrogens (tertiary/aromatic N) is 2. The van der Waals surface area contributed by atoms with Gasteiger partial charge in [0.25, 0.3) is 0 Å². The van der Waals surface area contributed by atoms with Gasteiger partial charge in [0.1, 0.15) is 17.2 Å². The first-order chi connectivity index (χ1) is 11.3. The van der Waals surface area contributed by atoms with Crippen molar-refractivity contribution < 1.29 is 27.0 Å². The largest absolute Gasteiger partial charge is 0.461 e. The molecule has 0 radical (unpaired) electrons. The molecule has 0 aliphatic carbocycles. The minimum absolute atomic E-state index is 0.0107. The van der Waals surface area contributed by atoms with Gasteiger partial charge in [0.15, 0.2) is 0 Å². The predicted octanol–water partition coefficient (Wildman–Crippen LogP) is 4.46. The van der Waals surface area contributed by atoms with Crippen molar-refractivity contribution in [1.82, 2.24) is 0 Å². The third-order valence-electron chi connectivity index (χ3n) is 2.71. The summed E-state index contributed by atoms with van der Waals surface area (Å²) in [6, 6.07) is 12.4. The molecular weight excluding hydrogens is 328 g/mol. The second-order valence-corrected chi connectivity index (χ2v) is 4.51. The average molecular weight is 336 g/mol. The van der Waals surface area contributed by atoms with Crippen molar-refractivity contribution in [1.29, 1.82) is 10.5 Å². The number of hydrogen-bond donors (Lipinski definition) is 0. The molecule has 8 heteroatoms.